The summed E-state index contributed by atoms with van der Waals surface area (Å²) in [6.45, 7) is 1.60. The van der Waals surface area contributed by atoms with Gasteiger partial charge in [-0.15, -0.1) is 0 Å². The highest BCUT2D eigenvalue weighted by Gasteiger charge is 2.34. The Morgan fingerprint density at radius 2 is 1.47 bits per heavy atom. The Bertz CT molecular complexity index is 1700. The van der Waals surface area contributed by atoms with Crippen molar-refractivity contribution >= 4 is 39.1 Å². The molecule has 236 valence electrons. The molecule has 0 fully saturated rings. The van der Waals surface area contributed by atoms with Gasteiger partial charge in [0.1, 0.15) is 12.6 Å². The minimum Gasteiger partial charge on any atom is -0.493 e. The Morgan fingerprint density at radius 3 is 2.09 bits per heavy atom. The van der Waals surface area contributed by atoms with E-state index in [9.17, 15) is 18.0 Å². The smallest absolute Gasteiger partial charge is 0.264 e. The number of hydrogen-bond acceptors (Lipinski definition) is 6. The molecule has 4 rings (SSSR count). The molecule has 4 aromatic rings. The van der Waals surface area contributed by atoms with Gasteiger partial charge in [-0.25, -0.2) is 8.42 Å². The summed E-state index contributed by atoms with van der Waals surface area (Å²) in [4.78, 5) is 29.3. The number of carbonyl (C=O) groups is 2. The van der Waals surface area contributed by atoms with Crippen molar-refractivity contribution < 1.29 is 27.5 Å². The number of halogens is 1. The summed E-state index contributed by atoms with van der Waals surface area (Å²) in [6.07, 6.45) is 0.215. The minimum absolute atomic E-state index is 0.0209. The van der Waals surface area contributed by atoms with Crippen molar-refractivity contribution in [1.29, 1.82) is 0 Å². The SMILES string of the molecule is CCNC(=O)[C@H](Cc1ccccc1)N(Cc1cccc(Cl)c1)C(=O)CN(c1ccccc1)S(=O)(=O)c1ccc(OC)c(OC)c1. The van der Waals surface area contributed by atoms with Crippen molar-refractivity contribution in [3.63, 3.8) is 0 Å². The Morgan fingerprint density at radius 1 is 0.822 bits per heavy atom. The number of ether oxygens (including phenoxy) is 2. The van der Waals surface area contributed by atoms with Gasteiger partial charge in [0.05, 0.1) is 24.8 Å². The number of para-hydroxylation sites is 1. The highest BCUT2D eigenvalue weighted by atomic mass is 35.5. The van der Waals surface area contributed by atoms with Gasteiger partial charge in [0.15, 0.2) is 11.5 Å². The molecular weight excluding hydrogens is 614 g/mol. The lowest BCUT2D eigenvalue weighted by Gasteiger charge is -2.34. The zero-order valence-corrected chi connectivity index (χ0v) is 26.9. The first-order chi connectivity index (χ1) is 21.7. The highest BCUT2D eigenvalue weighted by molar-refractivity contribution is 7.92. The third-order valence-corrected chi connectivity index (χ3v) is 9.14. The second-order valence-electron chi connectivity index (χ2n) is 10.1. The summed E-state index contributed by atoms with van der Waals surface area (Å²) in [7, 11) is -1.44. The van der Waals surface area contributed by atoms with Gasteiger partial charge in [0, 0.05) is 30.6 Å². The average Bonchev–Trinajstić information content (AvgIpc) is 3.05. The standard InChI is InChI=1S/C34H36ClN3O6S/c1-4-36-34(40)30(21-25-12-7-5-8-13-25)37(23-26-14-11-15-27(35)20-26)33(39)24-38(28-16-9-6-10-17-28)45(41,42)29-18-19-31(43-2)32(22-29)44-3/h5-20,22,30H,4,21,23-24H2,1-3H3,(H,36,40)/t30-/m0/s1. The van der Waals surface area contributed by atoms with Crippen LogP contribution in [0.1, 0.15) is 18.1 Å². The summed E-state index contributed by atoms with van der Waals surface area (Å²) in [6, 6.07) is 28.0. The van der Waals surface area contributed by atoms with Crippen LogP contribution in [0, 0.1) is 0 Å². The third-order valence-electron chi connectivity index (χ3n) is 7.13. The molecule has 45 heavy (non-hydrogen) atoms. The van der Waals surface area contributed by atoms with E-state index >= 15 is 0 Å². The maximum atomic E-state index is 14.4. The van der Waals surface area contributed by atoms with Gasteiger partial charge < -0.3 is 19.7 Å². The first kappa shape index (κ1) is 33.4. The quantitative estimate of drug-likeness (QED) is 0.198. The zero-order chi connectivity index (χ0) is 32.4. The van der Waals surface area contributed by atoms with E-state index in [0.29, 0.717) is 22.9 Å². The third kappa shape index (κ3) is 8.34. The van der Waals surface area contributed by atoms with Crippen LogP contribution in [-0.4, -0.2) is 58.5 Å². The van der Waals surface area contributed by atoms with E-state index in [2.05, 4.69) is 5.32 Å². The molecule has 0 aromatic heterocycles. The maximum Gasteiger partial charge on any atom is 0.264 e. The van der Waals surface area contributed by atoms with Gasteiger partial charge in [0.25, 0.3) is 10.0 Å². The number of sulfonamides is 1. The number of hydrogen-bond donors (Lipinski definition) is 1. The number of methoxy groups -OCH3 is 2. The largest absolute Gasteiger partial charge is 0.493 e. The molecule has 0 saturated heterocycles. The van der Waals surface area contributed by atoms with Crippen molar-refractivity contribution in [2.45, 2.75) is 30.8 Å². The van der Waals surface area contributed by atoms with E-state index in [-0.39, 0.29) is 35.2 Å². The van der Waals surface area contributed by atoms with Crippen LogP contribution in [0.2, 0.25) is 5.02 Å². The first-order valence-corrected chi connectivity index (χ1v) is 16.1. The predicted molar refractivity (Wildman–Crippen MR) is 175 cm³/mol. The van der Waals surface area contributed by atoms with Gasteiger partial charge in [-0.05, 0) is 54.4 Å². The number of amides is 2. The summed E-state index contributed by atoms with van der Waals surface area (Å²) in [5, 5.41) is 3.32. The molecule has 0 heterocycles. The number of nitrogens with one attached hydrogen (secondary N) is 1. The summed E-state index contributed by atoms with van der Waals surface area (Å²) < 4.78 is 40.1. The number of nitrogens with zero attached hydrogens (tertiary/aromatic N) is 2. The molecule has 0 radical (unpaired) electrons. The number of benzene rings is 4. The van der Waals surface area contributed by atoms with Crippen molar-refractivity contribution in [3.05, 3.63) is 119 Å². The van der Waals surface area contributed by atoms with Crippen LogP contribution < -0.4 is 19.1 Å². The van der Waals surface area contributed by atoms with Gasteiger partial charge in [-0.2, -0.15) is 0 Å². The Kier molecular flexibility index (Phi) is 11.5. The van der Waals surface area contributed by atoms with Gasteiger partial charge >= 0.3 is 0 Å². The second-order valence-corrected chi connectivity index (χ2v) is 12.4. The highest BCUT2D eigenvalue weighted by Crippen LogP contribution is 2.32. The van der Waals surface area contributed by atoms with E-state index in [1.54, 1.807) is 61.5 Å². The molecule has 0 aliphatic carbocycles. The lowest BCUT2D eigenvalue weighted by Crippen LogP contribution is -2.53. The fraction of sp³-hybridized carbons (Fsp3) is 0.235. The molecule has 2 amide bonds. The zero-order valence-electron chi connectivity index (χ0n) is 25.4. The van der Waals surface area contributed by atoms with Crippen LogP contribution >= 0.6 is 11.6 Å². The Balaban J connectivity index is 1.80. The molecule has 0 saturated carbocycles. The number of anilines is 1. The van der Waals surface area contributed by atoms with Crippen molar-refractivity contribution in [3.8, 4) is 11.5 Å². The number of rotatable bonds is 14. The van der Waals surface area contributed by atoms with Crippen LogP contribution in [0.15, 0.2) is 108 Å². The molecule has 0 aliphatic heterocycles. The van der Waals surface area contributed by atoms with Crippen LogP contribution in [-0.2, 0) is 32.6 Å². The number of carbonyl (C=O) groups excluding carboxylic acids is 2. The van der Waals surface area contributed by atoms with Gasteiger partial charge in [0.2, 0.25) is 11.8 Å². The minimum atomic E-state index is -4.31. The van der Waals surface area contributed by atoms with Crippen molar-refractivity contribution in [1.82, 2.24) is 10.2 Å². The molecular formula is C34H36ClN3O6S. The average molecular weight is 650 g/mol. The van der Waals surface area contributed by atoms with E-state index in [1.165, 1.54) is 37.3 Å². The topological polar surface area (TPSA) is 105 Å². The molecule has 0 spiro atoms. The summed E-state index contributed by atoms with van der Waals surface area (Å²) in [5.74, 6) is -0.349. The maximum absolute atomic E-state index is 14.4. The molecule has 1 atom stereocenters. The van der Waals surface area contributed by atoms with Crippen LogP contribution in [0.3, 0.4) is 0 Å². The molecule has 0 unspecified atom stereocenters. The monoisotopic (exact) mass is 649 g/mol. The Labute approximate surface area is 269 Å². The lowest BCUT2D eigenvalue weighted by molar-refractivity contribution is -0.140. The van der Waals surface area contributed by atoms with Crippen molar-refractivity contribution in [2.75, 3.05) is 31.6 Å². The molecule has 4 aromatic carbocycles. The molecule has 0 bridgehead atoms. The van der Waals surface area contributed by atoms with Gasteiger partial charge in [-0.1, -0.05) is 72.3 Å². The lowest BCUT2D eigenvalue weighted by atomic mass is 10.0. The van der Waals surface area contributed by atoms with Gasteiger partial charge in [-0.3, -0.25) is 13.9 Å². The van der Waals surface area contributed by atoms with Crippen LogP contribution in [0.4, 0.5) is 5.69 Å². The molecule has 11 heteroatoms. The fourth-order valence-corrected chi connectivity index (χ4v) is 6.55. The normalized spacial score (nSPS) is 11.7. The van der Waals surface area contributed by atoms with Crippen LogP contribution in [0.25, 0.3) is 0 Å². The fourth-order valence-electron chi connectivity index (χ4n) is 4.91. The molecule has 9 nitrogen and oxygen atoms in total. The molecule has 0 aliphatic rings. The van der Waals surface area contributed by atoms with E-state index < -0.39 is 28.5 Å². The Hall–Kier alpha value is -4.54. The molecule has 1 N–H and O–H groups in total. The summed E-state index contributed by atoms with van der Waals surface area (Å²) >= 11 is 6.28. The van der Waals surface area contributed by atoms with E-state index in [4.69, 9.17) is 21.1 Å². The second kappa shape index (κ2) is 15.5. The predicted octanol–water partition coefficient (Wildman–Crippen LogP) is 5.33. The summed E-state index contributed by atoms with van der Waals surface area (Å²) in [5.41, 5.74) is 1.81. The van der Waals surface area contributed by atoms with Crippen LogP contribution in [0.5, 0.6) is 11.5 Å². The number of likely N-dealkylation sites (N-methyl/N-ethyl adjacent to an activating group) is 1. The van der Waals surface area contributed by atoms with E-state index in [0.717, 1.165) is 9.87 Å². The van der Waals surface area contributed by atoms with Crippen molar-refractivity contribution in [2.24, 2.45) is 0 Å². The van der Waals surface area contributed by atoms with E-state index in [1.807, 2.05) is 30.3 Å². The first-order valence-electron chi connectivity index (χ1n) is 14.3.